The third-order valence-electron chi connectivity index (χ3n) is 2.40. The van der Waals surface area contributed by atoms with E-state index in [4.69, 9.17) is 0 Å². The van der Waals surface area contributed by atoms with Crippen molar-refractivity contribution in [2.75, 3.05) is 5.33 Å². The van der Waals surface area contributed by atoms with Gasteiger partial charge in [0.25, 0.3) is 0 Å². The second-order valence-corrected chi connectivity index (χ2v) is 5.39. The lowest BCUT2D eigenvalue weighted by atomic mass is 9.93. The number of pyridine rings is 1. The molecular formula is C11H15Br2N. The zero-order valence-corrected chi connectivity index (χ0v) is 11.7. The van der Waals surface area contributed by atoms with Crippen LogP contribution in [0.15, 0.2) is 22.8 Å². The van der Waals surface area contributed by atoms with Crippen molar-refractivity contribution in [2.24, 2.45) is 11.8 Å². The summed E-state index contributed by atoms with van der Waals surface area (Å²) in [6.45, 7) is 4.51. The number of hydrogen-bond donors (Lipinski definition) is 0. The minimum absolute atomic E-state index is 0.670. The Morgan fingerprint density at radius 3 is 2.50 bits per heavy atom. The Morgan fingerprint density at radius 1 is 1.36 bits per heavy atom. The molecule has 0 N–H and O–H groups in total. The Bertz CT molecular complexity index is 269. The van der Waals surface area contributed by atoms with Crippen LogP contribution in [0.25, 0.3) is 0 Å². The molecule has 1 heterocycles. The molecule has 14 heavy (non-hydrogen) atoms. The predicted molar refractivity (Wildman–Crippen MR) is 67.8 cm³/mol. The van der Waals surface area contributed by atoms with Gasteiger partial charge in [-0.25, -0.2) is 0 Å². The van der Waals surface area contributed by atoms with Crippen molar-refractivity contribution in [3.05, 3.63) is 28.5 Å². The fraction of sp³-hybridized carbons (Fsp3) is 0.545. The molecule has 0 amide bonds. The number of halogens is 2. The molecule has 0 aliphatic rings. The zero-order chi connectivity index (χ0) is 10.6. The van der Waals surface area contributed by atoms with Gasteiger partial charge in [0.05, 0.1) is 0 Å². The van der Waals surface area contributed by atoms with Crippen molar-refractivity contribution in [2.45, 2.75) is 20.3 Å². The van der Waals surface area contributed by atoms with E-state index in [-0.39, 0.29) is 0 Å². The van der Waals surface area contributed by atoms with Gasteiger partial charge in [-0.2, -0.15) is 0 Å². The Labute approximate surface area is 103 Å². The standard InChI is InChI=1S/C11H15Br2N/c1-8(2)9(6-12)5-11-4-3-10(13)7-14-11/h3-4,7-9H,5-6H2,1-2H3. The van der Waals surface area contributed by atoms with Gasteiger partial charge in [0.15, 0.2) is 0 Å². The molecular weight excluding hydrogens is 306 g/mol. The van der Waals surface area contributed by atoms with Crippen molar-refractivity contribution >= 4 is 31.9 Å². The summed E-state index contributed by atoms with van der Waals surface area (Å²) in [7, 11) is 0. The first-order chi connectivity index (χ1) is 6.63. The molecule has 0 saturated heterocycles. The Balaban J connectivity index is 2.63. The van der Waals surface area contributed by atoms with Crippen LogP contribution in [0.5, 0.6) is 0 Å². The summed E-state index contributed by atoms with van der Waals surface area (Å²) in [5, 5.41) is 1.04. The maximum absolute atomic E-state index is 4.38. The van der Waals surface area contributed by atoms with E-state index in [0.29, 0.717) is 11.8 Å². The van der Waals surface area contributed by atoms with E-state index in [9.17, 15) is 0 Å². The number of aromatic nitrogens is 1. The van der Waals surface area contributed by atoms with Crippen LogP contribution in [-0.4, -0.2) is 10.3 Å². The molecule has 0 bridgehead atoms. The number of nitrogens with zero attached hydrogens (tertiary/aromatic N) is 1. The quantitative estimate of drug-likeness (QED) is 0.763. The second kappa shape index (κ2) is 5.86. The largest absolute Gasteiger partial charge is 0.260 e. The van der Waals surface area contributed by atoms with Crippen LogP contribution in [0.3, 0.4) is 0 Å². The van der Waals surface area contributed by atoms with E-state index >= 15 is 0 Å². The number of rotatable bonds is 4. The first kappa shape index (κ1) is 12.2. The molecule has 1 nitrogen and oxygen atoms in total. The maximum Gasteiger partial charge on any atom is 0.0413 e. The summed E-state index contributed by atoms with van der Waals surface area (Å²) >= 11 is 6.94. The van der Waals surface area contributed by atoms with Crippen molar-refractivity contribution in [3.8, 4) is 0 Å². The maximum atomic E-state index is 4.38. The fourth-order valence-electron chi connectivity index (χ4n) is 1.26. The van der Waals surface area contributed by atoms with Gasteiger partial charge in [0, 0.05) is 21.7 Å². The Hall–Kier alpha value is 0.110. The summed E-state index contributed by atoms with van der Waals surface area (Å²) in [4.78, 5) is 4.38. The van der Waals surface area contributed by atoms with Crippen molar-refractivity contribution in [3.63, 3.8) is 0 Å². The van der Waals surface area contributed by atoms with Gasteiger partial charge in [0.1, 0.15) is 0 Å². The van der Waals surface area contributed by atoms with Gasteiger partial charge >= 0.3 is 0 Å². The van der Waals surface area contributed by atoms with Gasteiger partial charge in [0.2, 0.25) is 0 Å². The molecule has 0 aliphatic carbocycles. The highest BCUT2D eigenvalue weighted by molar-refractivity contribution is 9.10. The molecule has 78 valence electrons. The van der Waals surface area contributed by atoms with Gasteiger partial charge in [-0.1, -0.05) is 29.8 Å². The molecule has 0 aromatic carbocycles. The number of alkyl halides is 1. The molecule has 0 fully saturated rings. The van der Waals surface area contributed by atoms with E-state index in [1.165, 1.54) is 5.69 Å². The molecule has 1 unspecified atom stereocenters. The van der Waals surface area contributed by atoms with Crippen LogP contribution in [0.2, 0.25) is 0 Å². The lowest BCUT2D eigenvalue weighted by Crippen LogP contribution is -2.14. The van der Waals surface area contributed by atoms with Crippen molar-refractivity contribution < 1.29 is 0 Å². The highest BCUT2D eigenvalue weighted by atomic mass is 79.9. The van der Waals surface area contributed by atoms with E-state index in [1.54, 1.807) is 0 Å². The third kappa shape index (κ3) is 3.70. The van der Waals surface area contributed by atoms with Crippen molar-refractivity contribution in [1.29, 1.82) is 0 Å². The van der Waals surface area contributed by atoms with Crippen LogP contribution in [0.4, 0.5) is 0 Å². The summed E-state index contributed by atoms with van der Waals surface area (Å²) in [5.74, 6) is 1.36. The van der Waals surface area contributed by atoms with Crippen LogP contribution in [0, 0.1) is 11.8 Å². The van der Waals surface area contributed by atoms with Gasteiger partial charge in [-0.3, -0.25) is 4.98 Å². The highest BCUT2D eigenvalue weighted by Gasteiger charge is 2.12. The average Bonchev–Trinajstić information content (AvgIpc) is 2.16. The summed E-state index contributed by atoms with van der Waals surface area (Å²) in [5.41, 5.74) is 1.17. The highest BCUT2D eigenvalue weighted by Crippen LogP contribution is 2.19. The Morgan fingerprint density at radius 2 is 2.07 bits per heavy atom. The minimum Gasteiger partial charge on any atom is -0.260 e. The first-order valence-corrected chi connectivity index (χ1v) is 6.71. The average molecular weight is 321 g/mol. The van der Waals surface area contributed by atoms with Crippen LogP contribution in [-0.2, 0) is 6.42 Å². The normalized spacial score (nSPS) is 13.2. The monoisotopic (exact) mass is 319 g/mol. The van der Waals surface area contributed by atoms with Crippen LogP contribution in [0.1, 0.15) is 19.5 Å². The van der Waals surface area contributed by atoms with E-state index in [1.807, 2.05) is 12.3 Å². The molecule has 1 atom stereocenters. The van der Waals surface area contributed by atoms with Crippen LogP contribution >= 0.6 is 31.9 Å². The minimum atomic E-state index is 0.670. The fourth-order valence-corrected chi connectivity index (χ4v) is 2.48. The van der Waals surface area contributed by atoms with E-state index in [2.05, 4.69) is 56.8 Å². The van der Waals surface area contributed by atoms with Crippen molar-refractivity contribution in [1.82, 2.24) is 4.98 Å². The van der Waals surface area contributed by atoms with Gasteiger partial charge < -0.3 is 0 Å². The number of hydrogen-bond acceptors (Lipinski definition) is 1. The summed E-state index contributed by atoms with van der Waals surface area (Å²) < 4.78 is 1.04. The molecule has 1 rings (SSSR count). The van der Waals surface area contributed by atoms with E-state index < -0.39 is 0 Å². The smallest absolute Gasteiger partial charge is 0.0413 e. The lowest BCUT2D eigenvalue weighted by molar-refractivity contribution is 0.423. The third-order valence-corrected chi connectivity index (χ3v) is 3.70. The molecule has 0 radical (unpaired) electrons. The van der Waals surface area contributed by atoms with Crippen LogP contribution < -0.4 is 0 Å². The summed E-state index contributed by atoms with van der Waals surface area (Å²) in [6.07, 6.45) is 2.91. The molecule has 0 spiro atoms. The molecule has 1 aromatic heterocycles. The second-order valence-electron chi connectivity index (χ2n) is 3.83. The SMILES string of the molecule is CC(C)C(CBr)Cc1ccc(Br)cn1. The van der Waals surface area contributed by atoms with Gasteiger partial charge in [-0.05, 0) is 46.3 Å². The molecule has 1 aromatic rings. The summed E-state index contributed by atoms with van der Waals surface area (Å²) in [6, 6.07) is 4.13. The van der Waals surface area contributed by atoms with E-state index in [0.717, 1.165) is 16.2 Å². The molecule has 3 heteroatoms. The predicted octanol–water partition coefficient (Wildman–Crippen LogP) is 4.05. The lowest BCUT2D eigenvalue weighted by Gasteiger charge is -2.17. The molecule has 0 saturated carbocycles. The Kier molecular flexibility index (Phi) is 5.10. The zero-order valence-electron chi connectivity index (χ0n) is 8.50. The topological polar surface area (TPSA) is 12.9 Å². The van der Waals surface area contributed by atoms with Gasteiger partial charge in [-0.15, -0.1) is 0 Å². The first-order valence-electron chi connectivity index (χ1n) is 4.80. The molecule has 0 aliphatic heterocycles.